The molecule has 4 nitrogen and oxygen atoms in total. The van der Waals surface area contributed by atoms with E-state index in [-0.39, 0.29) is 6.42 Å². The molecule has 0 spiro atoms. The average molecular weight is 262 g/mol. The topological polar surface area (TPSA) is 43.8 Å². The Balaban J connectivity index is 1.66. The predicted molar refractivity (Wildman–Crippen MR) is 75.0 cm³/mol. The third kappa shape index (κ3) is 5.01. The lowest BCUT2D eigenvalue weighted by Gasteiger charge is -2.34. The van der Waals surface area contributed by atoms with Crippen LogP contribution in [0.5, 0.6) is 0 Å². The summed E-state index contributed by atoms with van der Waals surface area (Å²) in [6, 6.07) is 10.5. The molecule has 0 unspecified atom stereocenters. The maximum atomic E-state index is 10.5. The number of piperazine rings is 1. The van der Waals surface area contributed by atoms with Crippen molar-refractivity contribution in [3.8, 4) is 0 Å². The molecule has 0 aliphatic carbocycles. The van der Waals surface area contributed by atoms with E-state index in [9.17, 15) is 4.79 Å². The highest BCUT2D eigenvalue weighted by molar-refractivity contribution is 5.66. The van der Waals surface area contributed by atoms with E-state index < -0.39 is 5.97 Å². The molecule has 0 amide bonds. The number of carboxylic acid groups (broad SMARTS) is 1. The van der Waals surface area contributed by atoms with Crippen molar-refractivity contribution in [2.24, 2.45) is 0 Å². The van der Waals surface area contributed by atoms with Gasteiger partial charge in [0.25, 0.3) is 0 Å². The second-order valence-corrected chi connectivity index (χ2v) is 5.10. The quantitative estimate of drug-likeness (QED) is 0.847. The van der Waals surface area contributed by atoms with Crippen LogP contribution in [-0.2, 0) is 11.3 Å². The molecule has 1 aromatic rings. The van der Waals surface area contributed by atoms with Crippen LogP contribution in [0.4, 0.5) is 0 Å². The van der Waals surface area contributed by atoms with Crippen molar-refractivity contribution in [2.45, 2.75) is 19.4 Å². The van der Waals surface area contributed by atoms with Gasteiger partial charge in [-0.25, -0.2) is 0 Å². The number of nitrogens with zero attached hydrogens (tertiary/aromatic N) is 2. The number of rotatable bonds is 6. The van der Waals surface area contributed by atoms with E-state index in [0.717, 1.165) is 45.7 Å². The summed E-state index contributed by atoms with van der Waals surface area (Å²) >= 11 is 0. The van der Waals surface area contributed by atoms with Crippen molar-refractivity contribution >= 4 is 5.97 Å². The van der Waals surface area contributed by atoms with Crippen LogP contribution in [-0.4, -0.2) is 53.6 Å². The van der Waals surface area contributed by atoms with E-state index >= 15 is 0 Å². The summed E-state index contributed by atoms with van der Waals surface area (Å²) in [7, 11) is 0. The van der Waals surface area contributed by atoms with Crippen LogP contribution in [0.25, 0.3) is 0 Å². The number of aliphatic carboxylic acids is 1. The maximum absolute atomic E-state index is 10.5. The molecule has 1 heterocycles. The summed E-state index contributed by atoms with van der Waals surface area (Å²) in [6.45, 7) is 6.16. The molecule has 1 aliphatic heterocycles. The van der Waals surface area contributed by atoms with Crippen LogP contribution in [0.1, 0.15) is 18.4 Å². The van der Waals surface area contributed by atoms with Crippen LogP contribution in [0, 0.1) is 0 Å². The highest BCUT2D eigenvalue weighted by Gasteiger charge is 2.16. The molecular formula is C15H22N2O2. The first kappa shape index (κ1) is 14.0. The second kappa shape index (κ2) is 7.26. The van der Waals surface area contributed by atoms with Gasteiger partial charge in [-0.15, -0.1) is 0 Å². The molecule has 0 atom stereocenters. The van der Waals surface area contributed by atoms with Crippen molar-refractivity contribution in [1.29, 1.82) is 0 Å². The highest BCUT2D eigenvalue weighted by Crippen LogP contribution is 2.08. The molecule has 1 fully saturated rings. The summed E-state index contributed by atoms with van der Waals surface area (Å²) < 4.78 is 0. The fraction of sp³-hybridized carbons (Fsp3) is 0.533. The first-order chi connectivity index (χ1) is 9.24. The normalized spacial score (nSPS) is 17.5. The van der Waals surface area contributed by atoms with Gasteiger partial charge < -0.3 is 10.0 Å². The fourth-order valence-corrected chi connectivity index (χ4v) is 2.47. The Morgan fingerprint density at radius 3 is 2.32 bits per heavy atom. The van der Waals surface area contributed by atoms with Crippen molar-refractivity contribution in [3.63, 3.8) is 0 Å². The minimum absolute atomic E-state index is 0.282. The van der Waals surface area contributed by atoms with Crippen LogP contribution in [0.15, 0.2) is 30.3 Å². The molecule has 0 saturated carbocycles. The van der Waals surface area contributed by atoms with E-state index in [4.69, 9.17) is 5.11 Å². The van der Waals surface area contributed by atoms with Gasteiger partial charge in [-0.3, -0.25) is 9.69 Å². The van der Waals surface area contributed by atoms with Gasteiger partial charge in [0.2, 0.25) is 0 Å². The molecule has 0 radical (unpaired) electrons. The van der Waals surface area contributed by atoms with E-state index in [1.54, 1.807) is 0 Å². The van der Waals surface area contributed by atoms with Gasteiger partial charge in [-0.2, -0.15) is 0 Å². The summed E-state index contributed by atoms with van der Waals surface area (Å²) in [5.41, 5.74) is 1.36. The zero-order chi connectivity index (χ0) is 13.5. The lowest BCUT2D eigenvalue weighted by atomic mass is 10.2. The molecule has 1 N–H and O–H groups in total. The Labute approximate surface area is 114 Å². The number of benzene rings is 1. The van der Waals surface area contributed by atoms with Crippen molar-refractivity contribution in [2.75, 3.05) is 32.7 Å². The first-order valence-electron chi connectivity index (χ1n) is 6.94. The fourth-order valence-electron chi connectivity index (χ4n) is 2.47. The largest absolute Gasteiger partial charge is 0.481 e. The Morgan fingerprint density at radius 2 is 1.68 bits per heavy atom. The maximum Gasteiger partial charge on any atom is 0.303 e. The monoisotopic (exact) mass is 262 g/mol. The smallest absolute Gasteiger partial charge is 0.303 e. The van der Waals surface area contributed by atoms with Gasteiger partial charge in [-0.1, -0.05) is 30.3 Å². The predicted octanol–water partition coefficient (Wildman–Crippen LogP) is 1.67. The standard InChI is InChI=1S/C15H22N2O2/c18-15(19)7-4-8-16-9-11-17(12-10-16)13-14-5-2-1-3-6-14/h1-3,5-6H,4,7-13H2,(H,18,19). The highest BCUT2D eigenvalue weighted by atomic mass is 16.4. The van der Waals surface area contributed by atoms with E-state index in [2.05, 4.69) is 34.1 Å². The summed E-state index contributed by atoms with van der Waals surface area (Å²) in [6.07, 6.45) is 1.04. The molecule has 2 rings (SSSR count). The van der Waals surface area contributed by atoms with Crippen molar-refractivity contribution in [3.05, 3.63) is 35.9 Å². The number of carboxylic acids is 1. The van der Waals surface area contributed by atoms with Gasteiger partial charge in [0, 0.05) is 39.1 Å². The van der Waals surface area contributed by atoms with Gasteiger partial charge in [0.15, 0.2) is 0 Å². The van der Waals surface area contributed by atoms with Crippen molar-refractivity contribution in [1.82, 2.24) is 9.80 Å². The Bertz CT molecular complexity index is 386. The molecule has 1 aromatic carbocycles. The molecule has 0 bridgehead atoms. The Hall–Kier alpha value is -1.39. The third-order valence-corrected chi connectivity index (χ3v) is 3.58. The molecule has 104 valence electrons. The Kier molecular flexibility index (Phi) is 5.36. The second-order valence-electron chi connectivity index (χ2n) is 5.10. The van der Waals surface area contributed by atoms with Crippen LogP contribution in [0.3, 0.4) is 0 Å². The first-order valence-corrected chi connectivity index (χ1v) is 6.94. The van der Waals surface area contributed by atoms with Gasteiger partial charge in [0.1, 0.15) is 0 Å². The molecule has 1 aliphatic rings. The minimum atomic E-state index is -0.692. The lowest BCUT2D eigenvalue weighted by Crippen LogP contribution is -2.46. The molecule has 4 heteroatoms. The molecule has 1 saturated heterocycles. The molecule has 19 heavy (non-hydrogen) atoms. The third-order valence-electron chi connectivity index (χ3n) is 3.58. The number of carbonyl (C=O) groups is 1. The average Bonchev–Trinajstić information content (AvgIpc) is 2.42. The Morgan fingerprint density at radius 1 is 1.05 bits per heavy atom. The summed E-state index contributed by atoms with van der Waals surface area (Å²) in [5.74, 6) is -0.692. The van der Waals surface area contributed by atoms with Crippen LogP contribution >= 0.6 is 0 Å². The number of hydrogen-bond acceptors (Lipinski definition) is 3. The molecular weight excluding hydrogens is 240 g/mol. The minimum Gasteiger partial charge on any atom is -0.481 e. The van der Waals surface area contributed by atoms with E-state index in [1.807, 2.05) is 6.07 Å². The molecule has 0 aromatic heterocycles. The van der Waals surface area contributed by atoms with E-state index in [1.165, 1.54) is 5.56 Å². The van der Waals surface area contributed by atoms with Gasteiger partial charge in [0.05, 0.1) is 0 Å². The van der Waals surface area contributed by atoms with Crippen LogP contribution < -0.4 is 0 Å². The zero-order valence-electron chi connectivity index (χ0n) is 11.3. The van der Waals surface area contributed by atoms with Crippen molar-refractivity contribution < 1.29 is 9.90 Å². The summed E-state index contributed by atoms with van der Waals surface area (Å²) in [4.78, 5) is 15.3. The van der Waals surface area contributed by atoms with Gasteiger partial charge in [-0.05, 0) is 18.5 Å². The summed E-state index contributed by atoms with van der Waals surface area (Å²) in [5, 5.41) is 8.62. The van der Waals surface area contributed by atoms with E-state index in [0.29, 0.717) is 0 Å². The van der Waals surface area contributed by atoms with Gasteiger partial charge >= 0.3 is 5.97 Å². The zero-order valence-corrected chi connectivity index (χ0v) is 11.3. The SMILES string of the molecule is O=C(O)CCCN1CCN(Cc2ccccc2)CC1. The lowest BCUT2D eigenvalue weighted by molar-refractivity contribution is -0.137. The van der Waals surface area contributed by atoms with Crippen LogP contribution in [0.2, 0.25) is 0 Å². The number of hydrogen-bond donors (Lipinski definition) is 1.